The first-order chi connectivity index (χ1) is 56.1. The number of amides is 12. The van der Waals surface area contributed by atoms with Crippen LogP contribution < -0.4 is 48.7 Å². The summed E-state index contributed by atoms with van der Waals surface area (Å²) in [7, 11) is 0. The number of aromatic nitrogens is 1. The van der Waals surface area contributed by atoms with Crippen molar-refractivity contribution in [2.45, 2.75) is 198 Å². The topological polar surface area (TPSA) is 527 Å². The first kappa shape index (κ1) is 94.8. The highest BCUT2D eigenvalue weighted by Crippen LogP contribution is 2.28. The average Bonchev–Trinajstić information content (AvgIpc) is 1.60. The van der Waals surface area contributed by atoms with E-state index in [0.29, 0.717) is 22.0 Å². The van der Waals surface area contributed by atoms with E-state index < -0.39 is 259 Å². The fourth-order valence-corrected chi connectivity index (χ4v) is 17.0. The predicted molar refractivity (Wildman–Crippen MR) is 433 cm³/mol. The molecule has 118 heavy (non-hydrogen) atoms. The van der Waals surface area contributed by atoms with E-state index in [2.05, 4.69) is 42.2 Å². The van der Waals surface area contributed by atoms with E-state index in [-0.39, 0.29) is 119 Å². The second-order valence-electron chi connectivity index (χ2n) is 30.4. The summed E-state index contributed by atoms with van der Waals surface area (Å²) in [5, 5.41) is 39.3. The molecular formula is C80H106FN13O21S3. The predicted octanol–water partition coefficient (Wildman–Crippen LogP) is 2.19. The summed E-state index contributed by atoms with van der Waals surface area (Å²) in [5.41, 5.74) is 12.9. The number of thioether (sulfide) groups is 3. The highest BCUT2D eigenvalue weighted by atomic mass is 32.2. The number of nitrogens with one attached hydrogen (secondary N) is 8. The number of Topliss-reactive ketones (excluding diaryl/α,β-unsaturated/α-hetero) is 5. The Labute approximate surface area is 694 Å². The van der Waals surface area contributed by atoms with Crippen molar-refractivity contribution in [1.82, 2.24) is 56.9 Å². The maximum Gasteiger partial charge on any atom is 0.304 e. The van der Waals surface area contributed by atoms with Crippen molar-refractivity contribution in [2.24, 2.45) is 41.1 Å². The Balaban J connectivity index is 1.43. The molecular weight excluding hydrogens is 1590 g/mol. The van der Waals surface area contributed by atoms with E-state index in [1.165, 1.54) is 26.8 Å². The maximum absolute atomic E-state index is 15.5. The summed E-state index contributed by atoms with van der Waals surface area (Å²) in [6, 6.07) is 1.19. The zero-order chi connectivity index (χ0) is 86.3. The van der Waals surface area contributed by atoms with Gasteiger partial charge in [-0.05, 0) is 86.6 Å². The maximum atomic E-state index is 15.5. The molecule has 3 saturated heterocycles. The number of benzene rings is 2. The van der Waals surface area contributed by atoms with Gasteiger partial charge in [-0.3, -0.25) is 91.1 Å². The largest absolute Gasteiger partial charge is 0.481 e. The molecule has 642 valence electrons. The number of para-hydroxylation sites is 1. The highest BCUT2D eigenvalue weighted by Gasteiger charge is 2.40. The lowest BCUT2D eigenvalue weighted by atomic mass is 9.84. The summed E-state index contributed by atoms with van der Waals surface area (Å²) in [5.74, 6) is -25.4. The first-order valence-corrected chi connectivity index (χ1v) is 42.8. The van der Waals surface area contributed by atoms with Crippen LogP contribution in [-0.2, 0) is 104 Å². The Morgan fingerprint density at radius 2 is 1.12 bits per heavy atom. The van der Waals surface area contributed by atoms with E-state index in [4.69, 9.17) is 11.5 Å². The molecule has 14 N–H and O–H groups in total. The van der Waals surface area contributed by atoms with Crippen molar-refractivity contribution in [3.8, 4) is 0 Å². The van der Waals surface area contributed by atoms with E-state index in [9.17, 15) is 86.5 Å². The van der Waals surface area contributed by atoms with Gasteiger partial charge in [-0.25, -0.2) is 4.39 Å². The Morgan fingerprint density at radius 3 is 1.73 bits per heavy atom. The number of carbonyl (C=O) groups excluding carboxylic acids is 17. The summed E-state index contributed by atoms with van der Waals surface area (Å²) < 4.78 is 14.3. The molecule has 4 aliphatic heterocycles. The molecule has 4 aliphatic rings. The number of hydrogen-bond donors (Lipinski definition) is 12. The molecule has 0 spiro atoms. The molecule has 7 rings (SSSR count). The SMILES string of the molecule is CC(=O)N[C@H]1CSCCC(=O)N2CN3CN(C2)C(=O)CCSC[C@@H]2NC(=O)[C@H](CC(=O)O)CC(=O)[C@H](CCC(=O)O)NC(=O)[C@H](CC(C)C)NC(=O)[C@H](CCC=CCC[C@H](NC(=O)[C@H](Cc4c[nH]c5ccccc45)CC2=O)C(=O)CCC(=O)N[C@@H](Cc2ccc(F)cc2)C(=O)N[C@H](C(N)=O)CSCCC3=O)CC(=O)[C@H](CCC(N)=O)CC1=O. The minimum atomic E-state index is -1.88. The normalized spacial score (nSPS) is 25.2. The van der Waals surface area contributed by atoms with Crippen molar-refractivity contribution in [2.75, 3.05) is 54.5 Å². The molecule has 11 atom stereocenters. The summed E-state index contributed by atoms with van der Waals surface area (Å²) in [4.78, 5) is 278. The van der Waals surface area contributed by atoms with Crippen molar-refractivity contribution in [3.63, 3.8) is 0 Å². The van der Waals surface area contributed by atoms with Crippen LogP contribution in [0.2, 0.25) is 0 Å². The Bertz CT molecular complexity index is 4220. The number of halogens is 1. The lowest BCUT2D eigenvalue weighted by Crippen LogP contribution is -2.59. The van der Waals surface area contributed by atoms with Crippen LogP contribution >= 0.6 is 35.3 Å². The number of nitrogens with zero attached hydrogens (tertiary/aromatic N) is 3. The molecule has 2 aromatic carbocycles. The zero-order valence-corrected chi connectivity index (χ0v) is 68.7. The number of rotatable bonds is 16. The Hall–Kier alpha value is -10.4. The molecule has 38 heteroatoms. The molecule has 0 unspecified atom stereocenters. The number of allylic oxidation sites excluding steroid dienone is 2. The monoisotopic (exact) mass is 1700 g/mol. The van der Waals surface area contributed by atoms with Crippen molar-refractivity contribution in [1.29, 1.82) is 0 Å². The minimum absolute atomic E-state index is 0.0180. The van der Waals surface area contributed by atoms with Crippen LogP contribution in [0.25, 0.3) is 10.9 Å². The van der Waals surface area contributed by atoms with Gasteiger partial charge in [-0.2, -0.15) is 35.3 Å². The van der Waals surface area contributed by atoms with Crippen LogP contribution in [0.15, 0.2) is 66.9 Å². The summed E-state index contributed by atoms with van der Waals surface area (Å²) in [6.45, 7) is 3.40. The third kappa shape index (κ3) is 31.2. The lowest BCUT2D eigenvalue weighted by molar-refractivity contribution is -0.158. The molecule has 0 saturated carbocycles. The van der Waals surface area contributed by atoms with Gasteiger partial charge in [-0.15, -0.1) is 0 Å². The van der Waals surface area contributed by atoms with E-state index in [0.717, 1.165) is 54.3 Å². The number of carboxylic acids is 2. The number of aromatic amines is 1. The van der Waals surface area contributed by atoms with Crippen LogP contribution in [0, 0.1) is 35.4 Å². The average molecular weight is 1700 g/mol. The first-order valence-electron chi connectivity index (χ1n) is 39.4. The summed E-state index contributed by atoms with van der Waals surface area (Å²) in [6.07, 6.45) is -4.78. The summed E-state index contributed by atoms with van der Waals surface area (Å²) >= 11 is 3.01. The molecule has 5 heterocycles. The molecule has 3 aromatic rings. The van der Waals surface area contributed by atoms with Gasteiger partial charge < -0.3 is 78.6 Å². The highest BCUT2D eigenvalue weighted by molar-refractivity contribution is 7.99. The molecule has 3 fully saturated rings. The van der Waals surface area contributed by atoms with Crippen molar-refractivity contribution in [3.05, 3.63) is 83.8 Å². The van der Waals surface area contributed by atoms with Crippen LogP contribution in [-0.4, -0.2) is 238 Å². The number of H-pyrrole nitrogens is 1. The molecule has 34 nitrogen and oxygen atoms in total. The molecule has 12 amide bonds. The number of nitrogens with two attached hydrogens (primary N) is 2. The Morgan fingerprint density at radius 1 is 0.542 bits per heavy atom. The molecule has 1 aromatic heterocycles. The van der Waals surface area contributed by atoms with E-state index >= 15 is 19.2 Å². The number of hydrogen-bond acceptors (Lipinski definition) is 22. The molecule has 0 aliphatic carbocycles. The third-order valence-corrected chi connectivity index (χ3v) is 23.8. The number of aliphatic carboxylic acids is 2. The van der Waals surface area contributed by atoms with Crippen molar-refractivity contribution >= 4 is 158 Å². The van der Waals surface area contributed by atoms with Crippen LogP contribution in [0.3, 0.4) is 0 Å². The number of primary amides is 2. The van der Waals surface area contributed by atoms with E-state index in [1.807, 2.05) is 0 Å². The molecule has 6 bridgehead atoms. The van der Waals surface area contributed by atoms with Gasteiger partial charge in [0.05, 0.1) is 56.5 Å². The quantitative estimate of drug-likeness (QED) is 0.0915. The number of carbonyl (C=O) groups is 19. The standard InChI is InChI=1S/C80H106FN13O21S3/c1-45(2)30-58-79(114)88-57(19-23-73(106)107)65(98)36-51(37-74(108)109)78(113)90-61-40-117-28-25-71(104)93-42-92-43-94(44-93)72(105)26-29-118-41-62(75(83)110)91-80(115)59(31-47-14-17-53(81)18-15-47)86-69(102)22-20-63(96)56(87-77(112)50(35-67(61)100)32-52-38-84-55-12-9-8-11-54(52)55)13-7-5-4-6-10-49(76(111)89-58)34-64(97)48(16-21-68(82)101)33-66(99)60(85-46(3)95)39-116-27-24-70(92)103/h4-5,8-9,11-12,14-15,17-18,38,45,48-51,56-62,84H,6-7,10,13,16,19-37,39-44H2,1-3H3,(H2,82,101)(H2,83,110)(H,85,95)(H,86,102)(H,87,112)(H,88,114)(H,89,111)(H,90,113)(H,91,115)(H,106,107)(H,108,109)/t48-,49-,50-,51+,56+,57+,58+,59+,60+,61+,62+/m1/s1. The van der Waals surface area contributed by atoms with Crippen LogP contribution in [0.5, 0.6) is 0 Å². The fraction of sp³-hybridized carbons (Fsp3) is 0.562. The van der Waals surface area contributed by atoms with Gasteiger partial charge in [0.15, 0.2) is 23.1 Å². The van der Waals surface area contributed by atoms with Crippen LogP contribution in [0.1, 0.15) is 154 Å². The minimum Gasteiger partial charge on any atom is -0.481 e. The lowest BCUT2D eigenvalue weighted by Gasteiger charge is -2.42. The smallest absolute Gasteiger partial charge is 0.304 e. The van der Waals surface area contributed by atoms with Gasteiger partial charge in [0, 0.05) is 153 Å². The second-order valence-corrected chi connectivity index (χ2v) is 33.9. The second kappa shape index (κ2) is 47.3. The van der Waals surface area contributed by atoms with Crippen LogP contribution in [0.4, 0.5) is 4.39 Å². The van der Waals surface area contributed by atoms with Gasteiger partial charge in [0.2, 0.25) is 70.9 Å². The third-order valence-electron chi connectivity index (χ3n) is 20.6. The zero-order valence-electron chi connectivity index (χ0n) is 66.2. The Kier molecular flexibility index (Phi) is 38.0. The molecule has 0 radical (unpaired) electrons. The van der Waals surface area contributed by atoms with Crippen molar-refractivity contribution < 1.29 is 106 Å². The fourth-order valence-electron chi connectivity index (χ4n) is 14.1. The number of fused-ring (bicyclic) bond motifs is 23. The van der Waals surface area contributed by atoms with E-state index in [1.54, 1.807) is 56.5 Å². The van der Waals surface area contributed by atoms with Gasteiger partial charge in [-0.1, -0.05) is 56.3 Å². The van der Waals surface area contributed by atoms with Gasteiger partial charge in [0.1, 0.15) is 29.7 Å². The number of carboxylic acid groups (broad SMARTS) is 2. The number of ketones is 5. The van der Waals surface area contributed by atoms with Gasteiger partial charge in [0.25, 0.3) is 0 Å². The van der Waals surface area contributed by atoms with Gasteiger partial charge >= 0.3 is 11.9 Å².